The molecule has 1 heterocycles. The standard InChI is InChI=1S/C13H15F2NO4/c1-13(14,15)8-5-11-10(19-2-3-20-11)4-7(8)9(16)6-12(17)18/h4-5,9H,2-3,6,16H2,1H3,(H,17,18). The number of benzene rings is 1. The summed E-state index contributed by atoms with van der Waals surface area (Å²) in [5.74, 6) is -3.78. The largest absolute Gasteiger partial charge is 0.486 e. The Labute approximate surface area is 114 Å². The van der Waals surface area contributed by atoms with Crippen LogP contribution in [0, 0.1) is 0 Å². The van der Waals surface area contributed by atoms with Crippen molar-refractivity contribution in [3.8, 4) is 11.5 Å². The second-order valence-corrected chi connectivity index (χ2v) is 4.68. The third kappa shape index (κ3) is 2.98. The van der Waals surface area contributed by atoms with E-state index in [0.717, 1.165) is 6.92 Å². The SMILES string of the molecule is CC(F)(F)c1cc2c(cc1C(N)CC(=O)O)OCCO2. The molecule has 0 amide bonds. The van der Waals surface area contributed by atoms with Gasteiger partial charge in [0.15, 0.2) is 11.5 Å². The van der Waals surface area contributed by atoms with Crippen LogP contribution in [0.15, 0.2) is 12.1 Å². The van der Waals surface area contributed by atoms with Crippen LogP contribution in [0.4, 0.5) is 8.78 Å². The number of nitrogens with two attached hydrogens (primary N) is 1. The van der Waals surface area contributed by atoms with Gasteiger partial charge < -0.3 is 20.3 Å². The van der Waals surface area contributed by atoms with Crippen LogP contribution in [-0.2, 0) is 10.7 Å². The molecular weight excluding hydrogens is 272 g/mol. The van der Waals surface area contributed by atoms with Crippen molar-refractivity contribution >= 4 is 5.97 Å². The van der Waals surface area contributed by atoms with E-state index in [9.17, 15) is 13.6 Å². The normalized spacial score (nSPS) is 15.8. The quantitative estimate of drug-likeness (QED) is 0.885. The molecule has 7 heteroatoms. The highest BCUT2D eigenvalue weighted by Crippen LogP contribution is 2.41. The first kappa shape index (κ1) is 14.5. The molecule has 1 aromatic rings. The predicted molar refractivity (Wildman–Crippen MR) is 66.2 cm³/mol. The van der Waals surface area contributed by atoms with Crippen LogP contribution in [0.5, 0.6) is 11.5 Å². The molecule has 0 bridgehead atoms. The number of ether oxygens (including phenoxy) is 2. The lowest BCUT2D eigenvalue weighted by molar-refractivity contribution is -0.137. The van der Waals surface area contributed by atoms with Gasteiger partial charge in [-0.2, -0.15) is 0 Å². The highest BCUT2D eigenvalue weighted by atomic mass is 19.3. The van der Waals surface area contributed by atoms with Gasteiger partial charge in [-0.25, -0.2) is 8.78 Å². The molecule has 5 nitrogen and oxygen atoms in total. The summed E-state index contributed by atoms with van der Waals surface area (Å²) >= 11 is 0. The molecule has 1 atom stereocenters. The maximum Gasteiger partial charge on any atom is 0.305 e. The molecule has 2 rings (SSSR count). The van der Waals surface area contributed by atoms with Gasteiger partial charge >= 0.3 is 5.97 Å². The minimum absolute atomic E-state index is 0.0594. The van der Waals surface area contributed by atoms with E-state index in [1.807, 2.05) is 0 Å². The maximum absolute atomic E-state index is 13.7. The Balaban J connectivity index is 2.49. The topological polar surface area (TPSA) is 81.8 Å². The second kappa shape index (κ2) is 5.24. The van der Waals surface area contributed by atoms with Crippen molar-refractivity contribution in [3.05, 3.63) is 23.3 Å². The minimum Gasteiger partial charge on any atom is -0.486 e. The molecule has 110 valence electrons. The smallest absolute Gasteiger partial charge is 0.305 e. The summed E-state index contributed by atoms with van der Waals surface area (Å²) in [6.45, 7) is 1.32. The van der Waals surface area contributed by atoms with E-state index in [1.165, 1.54) is 12.1 Å². The number of alkyl halides is 2. The number of carboxylic acids is 1. The Kier molecular flexibility index (Phi) is 3.80. The van der Waals surface area contributed by atoms with Gasteiger partial charge in [-0.05, 0) is 17.7 Å². The van der Waals surface area contributed by atoms with Crippen LogP contribution < -0.4 is 15.2 Å². The average molecular weight is 287 g/mol. The zero-order valence-corrected chi connectivity index (χ0v) is 10.9. The number of rotatable bonds is 4. The first-order chi connectivity index (χ1) is 9.29. The number of carbonyl (C=O) groups is 1. The van der Waals surface area contributed by atoms with Gasteiger partial charge in [0, 0.05) is 18.5 Å². The van der Waals surface area contributed by atoms with Gasteiger partial charge in [0.2, 0.25) is 0 Å². The highest BCUT2D eigenvalue weighted by molar-refractivity contribution is 5.68. The van der Waals surface area contributed by atoms with E-state index >= 15 is 0 Å². The zero-order chi connectivity index (χ0) is 14.9. The second-order valence-electron chi connectivity index (χ2n) is 4.68. The summed E-state index contributed by atoms with van der Waals surface area (Å²) in [6, 6.07) is 1.48. The highest BCUT2D eigenvalue weighted by Gasteiger charge is 2.32. The first-order valence-corrected chi connectivity index (χ1v) is 6.08. The molecule has 0 aromatic heterocycles. The molecule has 0 aliphatic carbocycles. The molecule has 1 aliphatic heterocycles. The monoisotopic (exact) mass is 287 g/mol. The van der Waals surface area contributed by atoms with Crippen molar-refractivity contribution in [1.82, 2.24) is 0 Å². The minimum atomic E-state index is -3.15. The number of halogens is 2. The van der Waals surface area contributed by atoms with E-state index in [1.54, 1.807) is 0 Å². The van der Waals surface area contributed by atoms with Crippen molar-refractivity contribution in [1.29, 1.82) is 0 Å². The number of aliphatic carboxylic acids is 1. The fraction of sp³-hybridized carbons (Fsp3) is 0.462. The Bertz CT molecular complexity index is 528. The number of fused-ring (bicyclic) bond motifs is 1. The first-order valence-electron chi connectivity index (χ1n) is 6.08. The van der Waals surface area contributed by atoms with Crippen molar-refractivity contribution in [2.45, 2.75) is 25.3 Å². The molecule has 20 heavy (non-hydrogen) atoms. The summed E-state index contributed by atoms with van der Waals surface area (Å²) < 4.78 is 37.9. The lowest BCUT2D eigenvalue weighted by atomic mass is 9.94. The zero-order valence-electron chi connectivity index (χ0n) is 10.9. The molecule has 0 saturated carbocycles. The lowest BCUT2D eigenvalue weighted by Crippen LogP contribution is -2.23. The van der Waals surface area contributed by atoms with Crippen LogP contribution in [0.1, 0.15) is 30.5 Å². The third-order valence-electron chi connectivity index (χ3n) is 2.98. The van der Waals surface area contributed by atoms with Crippen molar-refractivity contribution in [2.24, 2.45) is 5.73 Å². The Morgan fingerprint density at radius 3 is 2.45 bits per heavy atom. The summed E-state index contributed by atoms with van der Waals surface area (Å²) in [5, 5.41) is 8.75. The van der Waals surface area contributed by atoms with E-state index in [2.05, 4.69) is 0 Å². The summed E-state index contributed by atoms with van der Waals surface area (Å²) in [6.07, 6.45) is -0.442. The maximum atomic E-state index is 13.7. The number of hydrogen-bond acceptors (Lipinski definition) is 4. The number of carboxylic acid groups (broad SMARTS) is 1. The van der Waals surface area contributed by atoms with Gasteiger partial charge in [-0.3, -0.25) is 4.79 Å². The molecule has 0 saturated heterocycles. The lowest BCUT2D eigenvalue weighted by Gasteiger charge is -2.25. The van der Waals surface area contributed by atoms with E-state index in [-0.39, 0.29) is 23.5 Å². The molecular formula is C13H15F2NO4. The molecule has 0 radical (unpaired) electrons. The number of hydrogen-bond donors (Lipinski definition) is 2. The van der Waals surface area contributed by atoms with Crippen LogP contribution in [-0.4, -0.2) is 24.3 Å². The van der Waals surface area contributed by atoms with Gasteiger partial charge in [-0.15, -0.1) is 0 Å². The molecule has 0 fully saturated rings. The molecule has 1 aliphatic rings. The summed E-state index contributed by atoms with van der Waals surface area (Å²) in [5.41, 5.74) is 5.44. The molecule has 1 unspecified atom stereocenters. The fourth-order valence-electron chi connectivity index (χ4n) is 2.09. The van der Waals surface area contributed by atoms with Gasteiger partial charge in [0.05, 0.1) is 6.42 Å². The van der Waals surface area contributed by atoms with Gasteiger partial charge in [0.1, 0.15) is 13.2 Å². The third-order valence-corrected chi connectivity index (χ3v) is 2.98. The van der Waals surface area contributed by atoms with Crippen molar-refractivity contribution in [3.63, 3.8) is 0 Å². The average Bonchev–Trinajstić information content (AvgIpc) is 2.35. The van der Waals surface area contributed by atoms with Crippen LogP contribution in [0.25, 0.3) is 0 Å². The summed E-state index contributed by atoms with van der Waals surface area (Å²) in [4.78, 5) is 10.7. The van der Waals surface area contributed by atoms with E-state index in [4.69, 9.17) is 20.3 Å². The van der Waals surface area contributed by atoms with Crippen LogP contribution >= 0.6 is 0 Å². The van der Waals surface area contributed by atoms with Crippen molar-refractivity contribution < 1.29 is 28.2 Å². The fourth-order valence-corrected chi connectivity index (χ4v) is 2.09. The molecule has 1 aromatic carbocycles. The predicted octanol–water partition coefficient (Wildman–Crippen LogP) is 2.04. The van der Waals surface area contributed by atoms with E-state index in [0.29, 0.717) is 12.4 Å². The molecule has 0 spiro atoms. The Morgan fingerprint density at radius 2 is 1.95 bits per heavy atom. The Morgan fingerprint density at radius 1 is 1.40 bits per heavy atom. The van der Waals surface area contributed by atoms with E-state index < -0.39 is 24.4 Å². The summed E-state index contributed by atoms with van der Waals surface area (Å²) in [7, 11) is 0. The Hall–Kier alpha value is -1.89. The van der Waals surface area contributed by atoms with Gasteiger partial charge in [0.25, 0.3) is 5.92 Å². The van der Waals surface area contributed by atoms with Crippen LogP contribution in [0.3, 0.4) is 0 Å². The van der Waals surface area contributed by atoms with Gasteiger partial charge in [-0.1, -0.05) is 0 Å². The van der Waals surface area contributed by atoms with Crippen molar-refractivity contribution in [2.75, 3.05) is 13.2 Å². The van der Waals surface area contributed by atoms with Crippen LogP contribution in [0.2, 0.25) is 0 Å². The molecule has 3 N–H and O–H groups in total.